The number of para-hydroxylation sites is 1. The van der Waals surface area contributed by atoms with Crippen LogP contribution in [-0.2, 0) is 17.8 Å². The van der Waals surface area contributed by atoms with E-state index >= 15 is 0 Å². The van der Waals surface area contributed by atoms with Crippen molar-refractivity contribution in [2.75, 3.05) is 0 Å². The third-order valence-corrected chi connectivity index (χ3v) is 4.11. The summed E-state index contributed by atoms with van der Waals surface area (Å²) in [5.41, 5.74) is 4.37. The van der Waals surface area contributed by atoms with Gasteiger partial charge in [-0.05, 0) is 35.4 Å². The number of halogens is 1. The Morgan fingerprint density at radius 1 is 1.07 bits per heavy atom. The summed E-state index contributed by atoms with van der Waals surface area (Å²) < 4.78 is 18.7. The zero-order valence-electron chi connectivity index (χ0n) is 15.8. The molecule has 0 aromatic heterocycles. The van der Waals surface area contributed by atoms with Crippen molar-refractivity contribution in [2.45, 2.75) is 13.0 Å². The molecular formula is C22H18FN3O4. The van der Waals surface area contributed by atoms with E-state index in [0.29, 0.717) is 22.4 Å². The zero-order chi connectivity index (χ0) is 21.3. The Balaban J connectivity index is 1.59. The number of benzene rings is 3. The normalized spacial score (nSPS) is 10.7. The number of amides is 1. The lowest BCUT2D eigenvalue weighted by atomic mass is 10.1. The first-order chi connectivity index (χ1) is 14.5. The molecule has 8 heteroatoms. The smallest absolute Gasteiger partial charge is 0.269 e. The monoisotopic (exact) mass is 407 g/mol. The number of non-ortho nitro benzene ring substituents is 1. The molecule has 0 radical (unpaired) electrons. The van der Waals surface area contributed by atoms with Crippen LogP contribution in [-0.4, -0.2) is 17.0 Å². The molecule has 0 bridgehead atoms. The summed E-state index contributed by atoms with van der Waals surface area (Å²) in [6.45, 7) is 0.142. The lowest BCUT2D eigenvalue weighted by Gasteiger charge is -2.09. The van der Waals surface area contributed by atoms with Crippen LogP contribution in [0.1, 0.15) is 16.7 Å². The van der Waals surface area contributed by atoms with Gasteiger partial charge >= 0.3 is 0 Å². The topological polar surface area (TPSA) is 93.8 Å². The van der Waals surface area contributed by atoms with Gasteiger partial charge in [0.25, 0.3) is 5.69 Å². The standard InChI is InChI=1S/C22H18FN3O4/c23-19-10-8-16(9-11-19)13-22(27)25-24-14-18-5-1-2-7-21(18)30-15-17-4-3-6-20(12-17)26(28)29/h1-12,14H,13,15H2,(H,25,27)/b24-14+. The molecule has 0 aliphatic rings. The van der Waals surface area contributed by atoms with Gasteiger partial charge in [-0.1, -0.05) is 36.4 Å². The van der Waals surface area contributed by atoms with Crippen LogP contribution in [0.5, 0.6) is 5.75 Å². The van der Waals surface area contributed by atoms with Crippen molar-refractivity contribution in [3.63, 3.8) is 0 Å². The number of nitrogens with one attached hydrogen (secondary N) is 1. The van der Waals surface area contributed by atoms with Crippen molar-refractivity contribution in [3.8, 4) is 5.75 Å². The van der Waals surface area contributed by atoms with E-state index in [1.165, 1.54) is 42.6 Å². The maximum Gasteiger partial charge on any atom is 0.269 e. The van der Waals surface area contributed by atoms with Gasteiger partial charge in [-0.2, -0.15) is 5.10 Å². The second-order valence-electron chi connectivity index (χ2n) is 6.35. The van der Waals surface area contributed by atoms with Crippen LogP contribution in [0.25, 0.3) is 0 Å². The quantitative estimate of drug-likeness (QED) is 0.347. The molecule has 0 heterocycles. The van der Waals surface area contributed by atoms with Crippen molar-refractivity contribution in [2.24, 2.45) is 5.10 Å². The van der Waals surface area contributed by atoms with Crippen LogP contribution in [0, 0.1) is 15.9 Å². The van der Waals surface area contributed by atoms with Crippen molar-refractivity contribution in [1.29, 1.82) is 0 Å². The van der Waals surface area contributed by atoms with E-state index in [9.17, 15) is 19.3 Å². The Morgan fingerprint density at radius 3 is 2.60 bits per heavy atom. The van der Waals surface area contributed by atoms with Crippen LogP contribution >= 0.6 is 0 Å². The highest BCUT2D eigenvalue weighted by molar-refractivity contribution is 5.85. The number of ether oxygens (including phenoxy) is 1. The maximum absolute atomic E-state index is 12.9. The van der Waals surface area contributed by atoms with Gasteiger partial charge in [0, 0.05) is 17.7 Å². The highest BCUT2D eigenvalue weighted by Crippen LogP contribution is 2.19. The van der Waals surface area contributed by atoms with Gasteiger partial charge in [0.2, 0.25) is 5.91 Å². The second-order valence-corrected chi connectivity index (χ2v) is 6.35. The molecule has 0 spiro atoms. The van der Waals surface area contributed by atoms with E-state index in [-0.39, 0.29) is 30.4 Å². The number of carbonyl (C=O) groups is 1. The van der Waals surface area contributed by atoms with Crippen LogP contribution in [0.2, 0.25) is 0 Å². The summed E-state index contributed by atoms with van der Waals surface area (Å²) in [4.78, 5) is 22.4. The highest BCUT2D eigenvalue weighted by Gasteiger charge is 2.07. The number of nitrogens with zero attached hydrogens (tertiary/aromatic N) is 2. The minimum atomic E-state index is -0.460. The van der Waals surface area contributed by atoms with Gasteiger partial charge in [-0.3, -0.25) is 14.9 Å². The summed E-state index contributed by atoms with van der Waals surface area (Å²) in [6.07, 6.45) is 1.52. The lowest BCUT2D eigenvalue weighted by Crippen LogP contribution is -2.19. The predicted molar refractivity (Wildman–Crippen MR) is 110 cm³/mol. The number of hydrogen-bond acceptors (Lipinski definition) is 5. The molecule has 3 rings (SSSR count). The number of hydrazone groups is 1. The number of carbonyl (C=O) groups excluding carboxylic acids is 1. The highest BCUT2D eigenvalue weighted by atomic mass is 19.1. The van der Waals surface area contributed by atoms with Crippen molar-refractivity contribution in [3.05, 3.63) is 105 Å². The fraction of sp³-hybridized carbons (Fsp3) is 0.0909. The average molecular weight is 407 g/mol. The maximum atomic E-state index is 12.9. The largest absolute Gasteiger partial charge is 0.488 e. The van der Waals surface area contributed by atoms with Gasteiger partial charge in [0.05, 0.1) is 17.6 Å². The molecule has 30 heavy (non-hydrogen) atoms. The number of rotatable bonds is 8. The Morgan fingerprint density at radius 2 is 1.83 bits per heavy atom. The summed E-state index contributed by atoms with van der Waals surface area (Å²) in [5.74, 6) is -0.188. The van der Waals surface area contributed by atoms with Crippen molar-refractivity contribution >= 4 is 17.8 Å². The number of nitro benzene ring substituents is 1. The predicted octanol–water partition coefficient (Wildman–Crippen LogP) is 4.01. The first-order valence-electron chi connectivity index (χ1n) is 9.03. The molecule has 1 amide bonds. The lowest BCUT2D eigenvalue weighted by molar-refractivity contribution is -0.384. The van der Waals surface area contributed by atoms with Gasteiger partial charge in [-0.25, -0.2) is 9.82 Å². The van der Waals surface area contributed by atoms with E-state index in [1.807, 2.05) is 0 Å². The van der Waals surface area contributed by atoms with Crippen LogP contribution in [0.15, 0.2) is 77.9 Å². The van der Waals surface area contributed by atoms with Gasteiger partial charge in [0.1, 0.15) is 18.2 Å². The molecular weight excluding hydrogens is 389 g/mol. The Kier molecular flexibility index (Phi) is 6.83. The van der Waals surface area contributed by atoms with Crippen LogP contribution < -0.4 is 10.2 Å². The van der Waals surface area contributed by atoms with E-state index in [4.69, 9.17) is 4.74 Å². The number of nitro groups is 1. The first kappa shape index (κ1) is 20.7. The zero-order valence-corrected chi connectivity index (χ0v) is 15.8. The van der Waals surface area contributed by atoms with Crippen LogP contribution in [0.4, 0.5) is 10.1 Å². The van der Waals surface area contributed by atoms with Crippen molar-refractivity contribution in [1.82, 2.24) is 5.43 Å². The third-order valence-electron chi connectivity index (χ3n) is 4.11. The Hall–Kier alpha value is -4.07. The Labute approximate surface area is 172 Å². The molecule has 7 nitrogen and oxygen atoms in total. The summed E-state index contributed by atoms with van der Waals surface area (Å²) >= 11 is 0. The first-order valence-corrected chi connectivity index (χ1v) is 9.03. The molecule has 0 saturated heterocycles. The molecule has 0 fully saturated rings. The summed E-state index contributed by atoms with van der Waals surface area (Å²) in [5, 5.41) is 14.8. The van der Waals surface area contributed by atoms with E-state index in [1.54, 1.807) is 36.4 Å². The second kappa shape index (κ2) is 9.92. The fourth-order valence-corrected chi connectivity index (χ4v) is 2.64. The fourth-order valence-electron chi connectivity index (χ4n) is 2.64. The molecule has 0 unspecified atom stereocenters. The minimum absolute atomic E-state index is 0.00480. The van der Waals surface area contributed by atoms with E-state index in [2.05, 4.69) is 10.5 Å². The molecule has 3 aromatic rings. The summed E-state index contributed by atoms with van der Waals surface area (Å²) in [6, 6.07) is 18.9. The third kappa shape index (κ3) is 5.96. The molecule has 0 atom stereocenters. The van der Waals surface area contributed by atoms with Crippen molar-refractivity contribution < 1.29 is 18.8 Å². The Bertz CT molecular complexity index is 1070. The SMILES string of the molecule is O=C(Cc1ccc(F)cc1)N/N=C/c1ccccc1OCc1cccc([N+](=O)[O-])c1. The molecule has 0 saturated carbocycles. The van der Waals surface area contributed by atoms with Gasteiger partial charge in [0.15, 0.2) is 0 Å². The summed E-state index contributed by atoms with van der Waals surface area (Å²) in [7, 11) is 0. The molecule has 0 aliphatic heterocycles. The molecule has 1 N–H and O–H groups in total. The molecule has 152 valence electrons. The molecule has 0 aliphatic carbocycles. The molecule has 3 aromatic carbocycles. The number of hydrogen-bond donors (Lipinski definition) is 1. The van der Waals surface area contributed by atoms with E-state index in [0.717, 1.165) is 0 Å². The average Bonchev–Trinajstić information content (AvgIpc) is 2.75. The van der Waals surface area contributed by atoms with E-state index < -0.39 is 4.92 Å². The van der Waals surface area contributed by atoms with Gasteiger partial charge in [-0.15, -0.1) is 0 Å². The van der Waals surface area contributed by atoms with Gasteiger partial charge < -0.3 is 4.74 Å². The minimum Gasteiger partial charge on any atom is -0.488 e. The van der Waals surface area contributed by atoms with Crippen LogP contribution in [0.3, 0.4) is 0 Å².